The summed E-state index contributed by atoms with van der Waals surface area (Å²) < 4.78 is 1.96. The van der Waals surface area contributed by atoms with E-state index in [1.807, 2.05) is 17.8 Å². The first-order valence-corrected chi connectivity index (χ1v) is 5.78. The molecule has 2 rings (SSSR count). The molecule has 1 aromatic carbocycles. The van der Waals surface area contributed by atoms with E-state index >= 15 is 0 Å². The molecule has 1 heterocycles. The number of nitrogens with zero attached hydrogens (tertiary/aromatic N) is 2. The number of aryl methyl sites for hydroxylation is 1. The molecule has 0 radical (unpaired) electrons. The maximum atomic E-state index is 5.51. The predicted molar refractivity (Wildman–Crippen MR) is 69.7 cm³/mol. The van der Waals surface area contributed by atoms with Gasteiger partial charge in [0.15, 0.2) is 0 Å². The predicted octanol–water partition coefficient (Wildman–Crippen LogP) is 1.53. The largest absolute Gasteiger partial charge is 0.352 e. The van der Waals surface area contributed by atoms with E-state index in [4.69, 9.17) is 5.73 Å². The third-order valence-corrected chi connectivity index (χ3v) is 2.73. The molecule has 0 fully saturated rings. The van der Waals surface area contributed by atoms with E-state index in [9.17, 15) is 0 Å². The Labute approximate surface area is 101 Å². The second-order valence-electron chi connectivity index (χ2n) is 4.07. The van der Waals surface area contributed by atoms with Crippen molar-refractivity contribution in [2.24, 2.45) is 12.8 Å². The lowest BCUT2D eigenvalue weighted by Crippen LogP contribution is -2.05. The molecule has 0 saturated heterocycles. The van der Waals surface area contributed by atoms with Gasteiger partial charge in [0.25, 0.3) is 0 Å². The van der Waals surface area contributed by atoms with E-state index in [-0.39, 0.29) is 0 Å². The van der Waals surface area contributed by atoms with Crippen molar-refractivity contribution in [1.82, 2.24) is 9.55 Å². The van der Waals surface area contributed by atoms with Crippen molar-refractivity contribution < 1.29 is 0 Å². The Morgan fingerprint density at radius 1 is 1.24 bits per heavy atom. The van der Waals surface area contributed by atoms with Crippen LogP contribution in [0.2, 0.25) is 0 Å². The Morgan fingerprint density at radius 2 is 1.94 bits per heavy atom. The quantitative estimate of drug-likeness (QED) is 0.819. The molecule has 1 aromatic heterocycles. The van der Waals surface area contributed by atoms with Crippen LogP contribution in [0.15, 0.2) is 36.7 Å². The standard InChI is InChI=1S/C13H18N4/c1-17-9-8-15-13(17)16-10-12-4-2-11(3-5-12)6-7-14/h2-5,8-9H,6-7,10,14H2,1H3,(H,15,16). The smallest absolute Gasteiger partial charge is 0.202 e. The number of aromatic nitrogens is 2. The number of hydrogen-bond donors (Lipinski definition) is 2. The average Bonchev–Trinajstić information content (AvgIpc) is 2.75. The lowest BCUT2D eigenvalue weighted by molar-refractivity contribution is 0.899. The van der Waals surface area contributed by atoms with Gasteiger partial charge in [0.2, 0.25) is 5.95 Å². The molecule has 0 amide bonds. The zero-order valence-corrected chi connectivity index (χ0v) is 10.1. The zero-order chi connectivity index (χ0) is 12.1. The summed E-state index contributed by atoms with van der Waals surface area (Å²) in [5.74, 6) is 0.885. The molecule has 0 aliphatic heterocycles. The average molecular weight is 230 g/mol. The minimum Gasteiger partial charge on any atom is -0.352 e. The van der Waals surface area contributed by atoms with Gasteiger partial charge < -0.3 is 15.6 Å². The summed E-state index contributed by atoms with van der Waals surface area (Å²) >= 11 is 0. The molecular weight excluding hydrogens is 212 g/mol. The summed E-state index contributed by atoms with van der Waals surface area (Å²) in [7, 11) is 1.97. The lowest BCUT2D eigenvalue weighted by atomic mass is 10.1. The first kappa shape index (κ1) is 11.7. The highest BCUT2D eigenvalue weighted by Gasteiger charge is 1.98. The Balaban J connectivity index is 1.93. The molecule has 2 aromatic rings. The van der Waals surface area contributed by atoms with Gasteiger partial charge in [-0.2, -0.15) is 0 Å². The molecule has 0 aliphatic rings. The third-order valence-electron chi connectivity index (χ3n) is 2.73. The minimum absolute atomic E-state index is 0.699. The van der Waals surface area contributed by atoms with Gasteiger partial charge in [0.1, 0.15) is 0 Å². The van der Waals surface area contributed by atoms with Crippen LogP contribution in [0, 0.1) is 0 Å². The van der Waals surface area contributed by atoms with Crippen LogP contribution in [0.1, 0.15) is 11.1 Å². The topological polar surface area (TPSA) is 55.9 Å². The van der Waals surface area contributed by atoms with Gasteiger partial charge in [-0.25, -0.2) is 4.98 Å². The summed E-state index contributed by atoms with van der Waals surface area (Å²) in [6.45, 7) is 1.48. The first-order chi connectivity index (χ1) is 8.29. The van der Waals surface area contributed by atoms with E-state index < -0.39 is 0 Å². The number of nitrogens with two attached hydrogens (primary N) is 1. The second-order valence-corrected chi connectivity index (χ2v) is 4.07. The van der Waals surface area contributed by atoms with Crippen molar-refractivity contribution in [3.63, 3.8) is 0 Å². The zero-order valence-electron chi connectivity index (χ0n) is 10.1. The van der Waals surface area contributed by atoms with Gasteiger partial charge in [0.05, 0.1) is 0 Å². The number of imidazole rings is 1. The lowest BCUT2D eigenvalue weighted by Gasteiger charge is -2.06. The van der Waals surface area contributed by atoms with Crippen molar-refractivity contribution in [2.75, 3.05) is 11.9 Å². The molecule has 90 valence electrons. The summed E-state index contributed by atoms with van der Waals surface area (Å²) in [5, 5.41) is 3.29. The van der Waals surface area contributed by atoms with Crippen molar-refractivity contribution >= 4 is 5.95 Å². The van der Waals surface area contributed by atoms with Gasteiger partial charge in [-0.05, 0) is 24.1 Å². The Hall–Kier alpha value is -1.81. The van der Waals surface area contributed by atoms with Gasteiger partial charge in [-0.15, -0.1) is 0 Å². The van der Waals surface area contributed by atoms with Crippen molar-refractivity contribution in [2.45, 2.75) is 13.0 Å². The molecular formula is C13H18N4. The molecule has 3 N–H and O–H groups in total. The molecule has 0 saturated carbocycles. The summed E-state index contributed by atoms with van der Waals surface area (Å²) in [5.41, 5.74) is 8.04. The number of anilines is 1. The van der Waals surface area contributed by atoms with E-state index in [1.165, 1.54) is 11.1 Å². The van der Waals surface area contributed by atoms with Crippen LogP contribution < -0.4 is 11.1 Å². The van der Waals surface area contributed by atoms with Crippen molar-refractivity contribution in [3.05, 3.63) is 47.8 Å². The van der Waals surface area contributed by atoms with E-state index in [2.05, 4.69) is 34.6 Å². The van der Waals surface area contributed by atoms with Gasteiger partial charge >= 0.3 is 0 Å². The number of rotatable bonds is 5. The summed E-state index contributed by atoms with van der Waals surface area (Å²) in [6, 6.07) is 8.51. The van der Waals surface area contributed by atoms with Crippen LogP contribution in [0.25, 0.3) is 0 Å². The molecule has 0 aliphatic carbocycles. The Kier molecular flexibility index (Phi) is 3.77. The Bertz CT molecular complexity index is 459. The van der Waals surface area contributed by atoms with Gasteiger partial charge in [-0.1, -0.05) is 24.3 Å². The molecule has 17 heavy (non-hydrogen) atoms. The van der Waals surface area contributed by atoms with E-state index in [0.717, 1.165) is 18.9 Å². The van der Waals surface area contributed by atoms with Crippen LogP contribution in [-0.2, 0) is 20.0 Å². The fraction of sp³-hybridized carbons (Fsp3) is 0.308. The highest BCUT2D eigenvalue weighted by Crippen LogP contribution is 2.08. The van der Waals surface area contributed by atoms with Crippen LogP contribution in [0.5, 0.6) is 0 Å². The van der Waals surface area contributed by atoms with Crippen LogP contribution in [0.4, 0.5) is 5.95 Å². The molecule has 0 spiro atoms. The minimum atomic E-state index is 0.699. The van der Waals surface area contributed by atoms with Gasteiger partial charge in [0, 0.05) is 26.0 Å². The molecule has 4 nitrogen and oxygen atoms in total. The summed E-state index contributed by atoms with van der Waals surface area (Å²) in [6.07, 6.45) is 4.65. The second kappa shape index (κ2) is 5.50. The molecule has 0 unspecified atom stereocenters. The van der Waals surface area contributed by atoms with Crippen LogP contribution >= 0.6 is 0 Å². The van der Waals surface area contributed by atoms with Crippen molar-refractivity contribution in [1.29, 1.82) is 0 Å². The molecule has 0 atom stereocenters. The van der Waals surface area contributed by atoms with Crippen LogP contribution in [-0.4, -0.2) is 16.1 Å². The van der Waals surface area contributed by atoms with E-state index in [1.54, 1.807) is 6.20 Å². The highest BCUT2D eigenvalue weighted by molar-refractivity contribution is 5.30. The maximum Gasteiger partial charge on any atom is 0.202 e. The highest BCUT2D eigenvalue weighted by atomic mass is 15.2. The fourth-order valence-corrected chi connectivity index (χ4v) is 1.71. The maximum absolute atomic E-state index is 5.51. The summed E-state index contributed by atoms with van der Waals surface area (Å²) in [4.78, 5) is 4.21. The first-order valence-electron chi connectivity index (χ1n) is 5.78. The van der Waals surface area contributed by atoms with E-state index in [0.29, 0.717) is 6.54 Å². The van der Waals surface area contributed by atoms with Crippen molar-refractivity contribution in [3.8, 4) is 0 Å². The normalized spacial score (nSPS) is 10.5. The number of hydrogen-bond acceptors (Lipinski definition) is 3. The Morgan fingerprint density at radius 3 is 2.53 bits per heavy atom. The van der Waals surface area contributed by atoms with Crippen LogP contribution in [0.3, 0.4) is 0 Å². The molecule has 0 bridgehead atoms. The third kappa shape index (κ3) is 3.07. The number of nitrogens with one attached hydrogen (secondary N) is 1. The SMILES string of the molecule is Cn1ccnc1NCc1ccc(CCN)cc1. The monoisotopic (exact) mass is 230 g/mol. The molecule has 4 heteroatoms. The fourth-order valence-electron chi connectivity index (χ4n) is 1.71. The number of benzene rings is 1. The van der Waals surface area contributed by atoms with Gasteiger partial charge in [-0.3, -0.25) is 0 Å².